The van der Waals surface area contributed by atoms with Crippen LogP contribution < -0.4 is 0 Å². The van der Waals surface area contributed by atoms with Crippen LogP contribution >= 0.6 is 0 Å². The van der Waals surface area contributed by atoms with Crippen molar-refractivity contribution in [3.63, 3.8) is 0 Å². The average molecular weight is 1690 g/mol. The predicted octanol–water partition coefficient (Wildman–Crippen LogP) is 27.7. The van der Waals surface area contributed by atoms with E-state index in [2.05, 4.69) is 216 Å². The molecule has 0 saturated heterocycles. The van der Waals surface area contributed by atoms with Crippen molar-refractivity contribution in [2.75, 3.05) is 0 Å². The molecule has 0 atom stereocenters. The van der Waals surface area contributed by atoms with Gasteiger partial charge in [0.2, 0.25) is 0 Å². The zero-order chi connectivity index (χ0) is 87.7. The third-order valence-corrected chi connectivity index (χ3v) is 25.1. The van der Waals surface area contributed by atoms with Gasteiger partial charge in [-0.2, -0.15) is 0 Å². The van der Waals surface area contributed by atoms with Gasteiger partial charge in [0.1, 0.15) is 0 Å². The normalized spacial score (nSPS) is 12.1. The third kappa shape index (κ3) is 13.9. The molecule has 1 aliphatic rings. The van der Waals surface area contributed by atoms with Crippen LogP contribution in [-0.2, 0) is 5.41 Å². The van der Waals surface area contributed by atoms with Gasteiger partial charge in [0.25, 0.3) is 0 Å². The molecular formula is C117H77N15. The molecule has 15 heteroatoms. The first-order valence-corrected chi connectivity index (χ1v) is 44.2. The van der Waals surface area contributed by atoms with Gasteiger partial charge in [0, 0.05) is 110 Å². The molecule has 25 rings (SSSR count). The van der Waals surface area contributed by atoms with E-state index in [9.17, 15) is 0 Å². The monoisotopic (exact) mass is 1690 g/mol. The largest absolute Gasteiger partial charge is 0.309 e. The van der Waals surface area contributed by atoms with Gasteiger partial charge in [-0.3, -0.25) is 0 Å². The summed E-state index contributed by atoms with van der Waals surface area (Å²) in [5, 5.41) is 6.96. The second-order valence-corrected chi connectivity index (χ2v) is 33.5. The Kier molecular flexibility index (Phi) is 19.2. The van der Waals surface area contributed by atoms with Crippen LogP contribution in [0.2, 0.25) is 0 Å². The molecule has 0 aliphatic heterocycles. The molecule has 0 radical (unpaired) electrons. The maximum atomic E-state index is 5.33. The second kappa shape index (κ2) is 32.6. The van der Waals surface area contributed by atoms with Crippen LogP contribution in [0.15, 0.2) is 431 Å². The van der Waals surface area contributed by atoms with Gasteiger partial charge in [-0.1, -0.05) is 354 Å². The predicted molar refractivity (Wildman–Crippen MR) is 532 cm³/mol. The van der Waals surface area contributed by atoms with Gasteiger partial charge in [0.05, 0.1) is 44.5 Å². The highest BCUT2D eigenvalue weighted by Crippen LogP contribution is 2.52. The number of para-hydroxylation sites is 4. The molecule has 0 amide bonds. The Bertz CT molecular complexity index is 8340. The summed E-state index contributed by atoms with van der Waals surface area (Å²) in [6.07, 6.45) is 0. The molecule has 1 aliphatic carbocycles. The summed E-state index contributed by atoms with van der Waals surface area (Å²) in [6, 6.07) is 148. The van der Waals surface area contributed by atoms with E-state index in [1.807, 2.05) is 243 Å². The van der Waals surface area contributed by atoms with Crippen LogP contribution in [0.25, 0.3) is 230 Å². The SMILES string of the molecule is CC1(C)c2ccccc2-c2cc3c(cc21)c1ccccc1n3-c1ccc(-c2nc(-c3ccccc3)nc(-c3ccccc3)n2)cc1-c1nc(-c2ccccc2)nc(-c2ccccc2)n1.c1ccc(-c2nc(-c3ccccc3)nc(-c3ccc(-n4c5ccccc5c5cc6c(cc54)c4ccccc4n6-c4ccccc4)c(-c4nc(-c5ccccc5)nc(-c5ccccc5)n4)c3)n2)cc1. The summed E-state index contributed by atoms with van der Waals surface area (Å²) < 4.78 is 7.12. The number of rotatable bonds is 15. The van der Waals surface area contributed by atoms with Gasteiger partial charge in [-0.05, 0) is 113 Å². The van der Waals surface area contributed by atoms with Gasteiger partial charge in [0.15, 0.2) is 69.9 Å². The fourth-order valence-electron chi connectivity index (χ4n) is 18.8. The van der Waals surface area contributed by atoms with Crippen LogP contribution in [0.5, 0.6) is 0 Å². The first kappa shape index (κ1) is 77.7. The highest BCUT2D eigenvalue weighted by atomic mass is 15.1. The zero-order valence-electron chi connectivity index (χ0n) is 71.7. The second-order valence-electron chi connectivity index (χ2n) is 33.5. The van der Waals surface area contributed by atoms with Crippen LogP contribution in [0.4, 0.5) is 0 Å². The molecule has 0 N–H and O–H groups in total. The summed E-state index contributed by atoms with van der Waals surface area (Å²) >= 11 is 0. The highest BCUT2D eigenvalue weighted by Gasteiger charge is 2.37. The summed E-state index contributed by atoms with van der Waals surface area (Å²) in [5.74, 6) is 6.77. The summed E-state index contributed by atoms with van der Waals surface area (Å²) in [7, 11) is 0. The number of nitrogens with zero attached hydrogens (tertiary/aromatic N) is 15. The molecule has 0 saturated carbocycles. The molecule has 7 heterocycles. The molecule has 132 heavy (non-hydrogen) atoms. The van der Waals surface area contributed by atoms with E-state index in [0.29, 0.717) is 69.9 Å². The average Bonchev–Trinajstić information content (AvgIpc) is 1.55. The van der Waals surface area contributed by atoms with Crippen molar-refractivity contribution < 1.29 is 0 Å². The number of hydrogen-bond acceptors (Lipinski definition) is 12. The Hall–Kier alpha value is -17.8. The molecule has 0 unspecified atom stereocenters. The van der Waals surface area contributed by atoms with Crippen molar-refractivity contribution in [3.8, 4) is 165 Å². The minimum absolute atomic E-state index is 0.148. The van der Waals surface area contributed by atoms with E-state index in [4.69, 9.17) is 59.8 Å². The lowest BCUT2D eigenvalue weighted by atomic mass is 9.82. The summed E-state index contributed by atoms with van der Waals surface area (Å²) in [4.78, 5) is 62.1. The van der Waals surface area contributed by atoms with E-state index in [1.165, 1.54) is 38.4 Å². The molecule has 0 bridgehead atoms. The molecule has 17 aromatic carbocycles. The quantitative estimate of drug-likeness (QED) is 0.0953. The fourth-order valence-corrected chi connectivity index (χ4v) is 18.8. The summed E-state index contributed by atoms with van der Waals surface area (Å²) in [5.41, 5.74) is 24.9. The fraction of sp³-hybridized carbons (Fsp3) is 0.0256. The molecule has 0 spiro atoms. The number of fused-ring (bicyclic) bond motifs is 12. The lowest BCUT2D eigenvalue weighted by molar-refractivity contribution is 0.661. The van der Waals surface area contributed by atoms with Crippen LogP contribution in [0.3, 0.4) is 0 Å². The Morgan fingerprint density at radius 3 is 0.742 bits per heavy atom. The number of benzene rings is 17. The maximum Gasteiger partial charge on any atom is 0.166 e. The van der Waals surface area contributed by atoms with Gasteiger partial charge in [-0.25, -0.2) is 59.8 Å². The standard InChI is InChI=1S/C60H38N8.C57H39N7/c1-6-20-39(21-7-1)55-61-56(40-22-8-2-9-23-40)64-59(63-55)43-34-35-52(49(36-43)60-65-57(41-24-10-3-11-25-41)62-58(66-60)42-26-12-4-13-27-42)68-51-33-19-17-31-46(51)48-37-53-47(38-54(48)68)45-30-16-18-32-50(45)67(53)44-28-14-5-15-29-44;1-57(2)46-29-17-15-27-41(46)43-35-50-44(34-47(43)57)42-28-16-18-30-48(42)64(50)49-32-31-40(55-60-51(36-19-7-3-8-20-36)58-52(61-55)37-21-9-4-10-22-37)33-45(49)56-62-53(38-23-11-5-12-24-38)59-54(63-56)39-25-13-6-14-26-39/h1-38H;3-35H,1-2H3. The van der Waals surface area contributed by atoms with Crippen molar-refractivity contribution >= 4 is 65.4 Å². The Morgan fingerprint density at radius 1 is 0.159 bits per heavy atom. The van der Waals surface area contributed by atoms with Crippen molar-refractivity contribution in [1.29, 1.82) is 0 Å². The first-order valence-electron chi connectivity index (χ1n) is 44.2. The Labute approximate surface area is 759 Å². The number of aromatic nitrogens is 15. The van der Waals surface area contributed by atoms with Gasteiger partial charge in [-0.15, -0.1) is 0 Å². The van der Waals surface area contributed by atoms with Crippen molar-refractivity contribution in [3.05, 3.63) is 442 Å². The number of hydrogen-bond donors (Lipinski definition) is 0. The Morgan fingerprint density at radius 2 is 0.409 bits per heavy atom. The van der Waals surface area contributed by atoms with E-state index in [0.717, 1.165) is 133 Å². The van der Waals surface area contributed by atoms with Crippen molar-refractivity contribution in [2.24, 2.45) is 0 Å². The van der Waals surface area contributed by atoms with Gasteiger partial charge < -0.3 is 13.7 Å². The third-order valence-electron chi connectivity index (χ3n) is 25.1. The molecule has 24 aromatic rings. The van der Waals surface area contributed by atoms with E-state index < -0.39 is 0 Å². The molecular weight excluding hydrogens is 1620 g/mol. The zero-order valence-corrected chi connectivity index (χ0v) is 71.7. The van der Waals surface area contributed by atoms with E-state index in [-0.39, 0.29) is 5.41 Å². The lowest BCUT2D eigenvalue weighted by Crippen LogP contribution is -2.14. The van der Waals surface area contributed by atoms with Crippen LogP contribution in [0.1, 0.15) is 25.0 Å². The Balaban J connectivity index is 0.000000146. The van der Waals surface area contributed by atoms with Crippen molar-refractivity contribution in [2.45, 2.75) is 19.3 Å². The smallest absolute Gasteiger partial charge is 0.166 e. The molecule has 0 fully saturated rings. The minimum Gasteiger partial charge on any atom is -0.309 e. The van der Waals surface area contributed by atoms with Crippen LogP contribution in [0, 0.1) is 0 Å². The molecule has 620 valence electrons. The van der Waals surface area contributed by atoms with Crippen molar-refractivity contribution in [1.82, 2.24) is 73.5 Å². The first-order chi connectivity index (χ1) is 65.2. The molecule has 15 nitrogen and oxygen atoms in total. The molecule has 7 aromatic heterocycles. The maximum absolute atomic E-state index is 5.33. The highest BCUT2D eigenvalue weighted by molar-refractivity contribution is 6.19. The van der Waals surface area contributed by atoms with E-state index >= 15 is 0 Å². The van der Waals surface area contributed by atoms with E-state index in [1.54, 1.807) is 0 Å². The minimum atomic E-state index is -0.148. The van der Waals surface area contributed by atoms with Gasteiger partial charge >= 0.3 is 0 Å². The topological polar surface area (TPSA) is 169 Å². The van der Waals surface area contributed by atoms with Crippen LogP contribution in [-0.4, -0.2) is 73.5 Å². The lowest BCUT2D eigenvalue weighted by Gasteiger charge is -2.21. The summed E-state index contributed by atoms with van der Waals surface area (Å²) in [6.45, 7) is 4.67.